The van der Waals surface area contributed by atoms with Crippen LogP contribution in [0.4, 0.5) is 0 Å². The van der Waals surface area contributed by atoms with Crippen molar-refractivity contribution < 1.29 is 29.2 Å². The first-order valence-electron chi connectivity index (χ1n) is 7.22. The molecule has 21 heavy (non-hydrogen) atoms. The molecule has 1 N–H and O–H groups in total. The van der Waals surface area contributed by atoms with Crippen molar-refractivity contribution in [3.8, 4) is 0 Å². The summed E-state index contributed by atoms with van der Waals surface area (Å²) < 4.78 is 0. The molecule has 0 saturated heterocycles. The molecular formula is C14H21NO6. The van der Waals surface area contributed by atoms with Crippen LogP contribution in [0.1, 0.15) is 51.9 Å². The van der Waals surface area contributed by atoms with E-state index in [1.54, 1.807) is 0 Å². The molecule has 1 heterocycles. The van der Waals surface area contributed by atoms with Crippen molar-refractivity contribution in [2.75, 3.05) is 6.61 Å². The van der Waals surface area contributed by atoms with Gasteiger partial charge in [-0.05, 0) is 11.5 Å². The normalized spacial score (nSPS) is 14.0. The molecule has 0 radical (unpaired) electrons. The van der Waals surface area contributed by atoms with Crippen LogP contribution in [-0.2, 0) is 29.2 Å². The van der Waals surface area contributed by atoms with Gasteiger partial charge in [0.25, 0.3) is 11.8 Å². The minimum absolute atomic E-state index is 0.297. The third kappa shape index (κ3) is 7.01. The van der Waals surface area contributed by atoms with Gasteiger partial charge in [-0.15, -0.1) is 0 Å². The van der Waals surface area contributed by atoms with E-state index in [0.717, 1.165) is 25.3 Å². The summed E-state index contributed by atoms with van der Waals surface area (Å²) in [6.07, 6.45) is 8.75. The third-order valence-electron chi connectivity index (χ3n) is 2.97. The Bertz CT molecular complexity index is 404. The first-order chi connectivity index (χ1) is 10.1. The molecule has 0 unspecified atom stereocenters. The van der Waals surface area contributed by atoms with E-state index in [1.807, 2.05) is 5.32 Å². The van der Waals surface area contributed by atoms with Crippen molar-refractivity contribution in [2.24, 2.45) is 0 Å². The van der Waals surface area contributed by atoms with Crippen LogP contribution in [0.15, 0.2) is 11.6 Å². The Labute approximate surface area is 123 Å². The molecule has 0 spiro atoms. The third-order valence-corrected chi connectivity index (χ3v) is 2.97. The molecule has 118 valence electrons. The fraction of sp³-hybridized carbons (Fsp3) is 0.643. The van der Waals surface area contributed by atoms with E-state index >= 15 is 0 Å². The summed E-state index contributed by atoms with van der Waals surface area (Å²) in [5.41, 5.74) is -0.403. The molecule has 0 aromatic rings. The molecule has 7 nitrogen and oxygen atoms in total. The van der Waals surface area contributed by atoms with Gasteiger partial charge in [-0.1, -0.05) is 45.4 Å². The number of rotatable bonds is 11. The molecule has 0 aromatic carbocycles. The highest BCUT2D eigenvalue weighted by Gasteiger charge is 2.29. The standard InChI is InChI=1S/C14H21NO6/c1-2-3-4-5-6-7-8-9-19-21-20-14(18)11-10-12(16)15-13(11)17/h10H,2-9H2,1H3,(H,15,16,17). The zero-order valence-corrected chi connectivity index (χ0v) is 12.2. The Morgan fingerprint density at radius 1 is 1.10 bits per heavy atom. The number of amides is 2. The van der Waals surface area contributed by atoms with Crippen LogP contribution in [0.25, 0.3) is 0 Å². The smallest absolute Gasteiger partial charge is 0.288 e. The number of hydrogen-bond donors (Lipinski definition) is 1. The second-order valence-corrected chi connectivity index (χ2v) is 4.76. The zero-order valence-electron chi connectivity index (χ0n) is 12.2. The molecule has 0 atom stereocenters. The minimum Gasteiger partial charge on any atom is -0.288 e. The van der Waals surface area contributed by atoms with Crippen LogP contribution >= 0.6 is 0 Å². The lowest BCUT2D eigenvalue weighted by atomic mass is 10.1. The van der Waals surface area contributed by atoms with Crippen LogP contribution in [-0.4, -0.2) is 24.4 Å². The lowest BCUT2D eigenvalue weighted by molar-refractivity contribution is -0.485. The quantitative estimate of drug-likeness (QED) is 0.205. The SMILES string of the molecule is CCCCCCCCCOOOC(=O)C1=CC(=O)NC1=O. The summed E-state index contributed by atoms with van der Waals surface area (Å²) in [6.45, 7) is 2.47. The monoisotopic (exact) mass is 299 g/mol. The van der Waals surface area contributed by atoms with Gasteiger partial charge in [0, 0.05) is 6.08 Å². The first kappa shape index (κ1) is 17.3. The maximum atomic E-state index is 11.3. The van der Waals surface area contributed by atoms with E-state index < -0.39 is 23.4 Å². The van der Waals surface area contributed by atoms with Crippen LogP contribution in [0, 0.1) is 0 Å². The number of carbonyl (C=O) groups excluding carboxylic acids is 3. The number of hydrogen-bond acceptors (Lipinski definition) is 6. The molecular weight excluding hydrogens is 278 g/mol. The predicted octanol–water partition coefficient (Wildman–Crippen LogP) is 1.73. The van der Waals surface area contributed by atoms with Gasteiger partial charge >= 0.3 is 5.97 Å². The zero-order chi connectivity index (χ0) is 15.5. The Morgan fingerprint density at radius 3 is 2.38 bits per heavy atom. The number of imide groups is 1. The predicted molar refractivity (Wildman–Crippen MR) is 72.4 cm³/mol. The van der Waals surface area contributed by atoms with Gasteiger partial charge in [0.2, 0.25) is 0 Å². The largest absolute Gasteiger partial charge is 0.382 e. The van der Waals surface area contributed by atoms with E-state index in [-0.39, 0.29) is 0 Å². The highest BCUT2D eigenvalue weighted by molar-refractivity contribution is 6.28. The molecule has 0 aromatic heterocycles. The maximum Gasteiger partial charge on any atom is 0.382 e. The van der Waals surface area contributed by atoms with Gasteiger partial charge in [-0.2, -0.15) is 4.89 Å². The minimum atomic E-state index is -1.06. The molecule has 1 aliphatic rings. The van der Waals surface area contributed by atoms with Crippen molar-refractivity contribution in [1.82, 2.24) is 5.32 Å². The Kier molecular flexibility index (Phi) is 8.30. The highest BCUT2D eigenvalue weighted by Crippen LogP contribution is 2.08. The molecule has 1 rings (SSSR count). The number of nitrogens with one attached hydrogen (secondary N) is 1. The summed E-state index contributed by atoms with van der Waals surface area (Å²) in [5.74, 6) is -2.52. The summed E-state index contributed by atoms with van der Waals surface area (Å²) in [5, 5.41) is 6.17. The average Bonchev–Trinajstić information content (AvgIpc) is 2.79. The van der Waals surface area contributed by atoms with Crippen molar-refractivity contribution in [3.05, 3.63) is 11.6 Å². The first-order valence-corrected chi connectivity index (χ1v) is 7.22. The molecule has 0 fully saturated rings. The fourth-order valence-electron chi connectivity index (χ4n) is 1.82. The topological polar surface area (TPSA) is 90.9 Å². The van der Waals surface area contributed by atoms with Crippen LogP contribution in [0.2, 0.25) is 0 Å². The van der Waals surface area contributed by atoms with E-state index in [2.05, 4.69) is 21.7 Å². The molecule has 7 heteroatoms. The Balaban J connectivity index is 1.97. The van der Waals surface area contributed by atoms with Gasteiger partial charge in [0.05, 0.1) is 6.61 Å². The molecule has 0 saturated carbocycles. The molecule has 2 amide bonds. The van der Waals surface area contributed by atoms with E-state index in [9.17, 15) is 14.4 Å². The second kappa shape index (κ2) is 10.1. The molecule has 0 bridgehead atoms. The summed E-state index contributed by atoms with van der Waals surface area (Å²) >= 11 is 0. The average molecular weight is 299 g/mol. The van der Waals surface area contributed by atoms with Crippen LogP contribution in [0.5, 0.6) is 0 Å². The van der Waals surface area contributed by atoms with E-state index in [1.165, 1.54) is 25.7 Å². The van der Waals surface area contributed by atoms with Gasteiger partial charge < -0.3 is 0 Å². The van der Waals surface area contributed by atoms with E-state index in [0.29, 0.717) is 6.61 Å². The number of carbonyl (C=O) groups is 3. The van der Waals surface area contributed by atoms with Crippen LogP contribution in [0.3, 0.4) is 0 Å². The Hall–Kier alpha value is -1.73. The van der Waals surface area contributed by atoms with Crippen molar-refractivity contribution in [2.45, 2.75) is 51.9 Å². The number of unbranched alkanes of at least 4 members (excludes halogenated alkanes) is 6. The molecule has 1 aliphatic heterocycles. The summed E-state index contributed by atoms with van der Waals surface area (Å²) in [6, 6.07) is 0. The summed E-state index contributed by atoms with van der Waals surface area (Å²) in [4.78, 5) is 42.2. The van der Waals surface area contributed by atoms with Gasteiger partial charge in [-0.25, -0.2) is 4.79 Å². The summed E-state index contributed by atoms with van der Waals surface area (Å²) in [7, 11) is 0. The van der Waals surface area contributed by atoms with Gasteiger partial charge in [0.1, 0.15) is 5.57 Å². The van der Waals surface area contributed by atoms with Crippen LogP contribution < -0.4 is 5.32 Å². The van der Waals surface area contributed by atoms with Gasteiger partial charge in [0.15, 0.2) is 0 Å². The second-order valence-electron chi connectivity index (χ2n) is 4.76. The Morgan fingerprint density at radius 2 is 1.76 bits per heavy atom. The maximum absolute atomic E-state index is 11.3. The molecule has 0 aliphatic carbocycles. The lowest BCUT2D eigenvalue weighted by Crippen LogP contribution is -2.25. The van der Waals surface area contributed by atoms with Crippen molar-refractivity contribution in [3.63, 3.8) is 0 Å². The van der Waals surface area contributed by atoms with Crippen molar-refractivity contribution in [1.29, 1.82) is 0 Å². The fourth-order valence-corrected chi connectivity index (χ4v) is 1.82. The van der Waals surface area contributed by atoms with Gasteiger partial charge in [-0.3, -0.25) is 19.8 Å². The van der Waals surface area contributed by atoms with E-state index in [4.69, 9.17) is 0 Å². The highest BCUT2D eigenvalue weighted by atomic mass is 17.5. The lowest BCUT2D eigenvalue weighted by Gasteiger charge is -2.03. The van der Waals surface area contributed by atoms with Crippen molar-refractivity contribution >= 4 is 17.8 Å².